The van der Waals surface area contributed by atoms with Crippen molar-refractivity contribution in [3.8, 4) is 0 Å². The van der Waals surface area contributed by atoms with Gasteiger partial charge in [-0.15, -0.1) is 0 Å². The molecule has 1 aliphatic rings. The number of nitrogen functional groups attached to an aromatic ring is 1. The molecule has 0 atom stereocenters. The van der Waals surface area contributed by atoms with Crippen molar-refractivity contribution in [1.82, 2.24) is 14.5 Å². The molecule has 4 heteroatoms. The third-order valence-corrected chi connectivity index (χ3v) is 4.53. The Labute approximate surface area is 120 Å². The molecule has 2 aromatic heterocycles. The SMILES string of the molecule is CC(C)CC1(Cn2c(N)nc3cccnc32)CCCC1. The molecule has 4 nitrogen and oxygen atoms in total. The summed E-state index contributed by atoms with van der Waals surface area (Å²) in [6, 6.07) is 3.90. The summed E-state index contributed by atoms with van der Waals surface area (Å²) in [5, 5.41) is 0. The first kappa shape index (κ1) is 13.4. The molecule has 2 aromatic rings. The normalized spacial score (nSPS) is 18.1. The first-order valence-electron chi connectivity index (χ1n) is 7.66. The van der Waals surface area contributed by atoms with Crippen molar-refractivity contribution in [3.05, 3.63) is 18.3 Å². The lowest BCUT2D eigenvalue weighted by molar-refractivity contribution is 0.200. The molecule has 0 spiro atoms. The molecule has 1 aliphatic carbocycles. The van der Waals surface area contributed by atoms with Crippen LogP contribution in [-0.4, -0.2) is 14.5 Å². The van der Waals surface area contributed by atoms with Gasteiger partial charge in [-0.3, -0.25) is 4.57 Å². The van der Waals surface area contributed by atoms with Crippen LogP contribution in [0.15, 0.2) is 18.3 Å². The summed E-state index contributed by atoms with van der Waals surface area (Å²) in [7, 11) is 0. The quantitative estimate of drug-likeness (QED) is 0.924. The fourth-order valence-corrected chi connectivity index (χ4v) is 3.89. The van der Waals surface area contributed by atoms with Crippen LogP contribution in [0.3, 0.4) is 0 Å². The highest BCUT2D eigenvalue weighted by Gasteiger charge is 2.35. The number of hydrogen-bond acceptors (Lipinski definition) is 3. The first-order chi connectivity index (χ1) is 9.60. The Morgan fingerprint density at radius 3 is 2.80 bits per heavy atom. The molecule has 2 N–H and O–H groups in total. The largest absolute Gasteiger partial charge is 0.369 e. The van der Waals surface area contributed by atoms with Crippen molar-refractivity contribution in [1.29, 1.82) is 0 Å². The van der Waals surface area contributed by atoms with E-state index >= 15 is 0 Å². The second-order valence-corrected chi connectivity index (χ2v) is 6.71. The van der Waals surface area contributed by atoms with Crippen LogP contribution in [0, 0.1) is 11.3 Å². The highest BCUT2D eigenvalue weighted by Crippen LogP contribution is 2.45. The van der Waals surface area contributed by atoms with Gasteiger partial charge in [-0.25, -0.2) is 9.97 Å². The van der Waals surface area contributed by atoms with Crippen molar-refractivity contribution in [2.45, 2.75) is 52.5 Å². The van der Waals surface area contributed by atoms with Gasteiger partial charge in [0.25, 0.3) is 0 Å². The molecule has 108 valence electrons. The van der Waals surface area contributed by atoms with Gasteiger partial charge in [0.05, 0.1) is 0 Å². The van der Waals surface area contributed by atoms with E-state index in [4.69, 9.17) is 5.73 Å². The van der Waals surface area contributed by atoms with Gasteiger partial charge >= 0.3 is 0 Å². The van der Waals surface area contributed by atoms with E-state index in [-0.39, 0.29) is 0 Å². The monoisotopic (exact) mass is 272 g/mol. The minimum atomic E-state index is 0.382. The Kier molecular flexibility index (Phi) is 3.40. The number of fused-ring (bicyclic) bond motifs is 1. The minimum Gasteiger partial charge on any atom is -0.369 e. The summed E-state index contributed by atoms with van der Waals surface area (Å²) < 4.78 is 2.13. The summed E-state index contributed by atoms with van der Waals surface area (Å²) in [6.45, 7) is 5.59. The van der Waals surface area contributed by atoms with Crippen LogP contribution in [-0.2, 0) is 6.54 Å². The molecule has 0 bridgehead atoms. The predicted molar refractivity (Wildman–Crippen MR) is 82.3 cm³/mol. The van der Waals surface area contributed by atoms with Crippen LogP contribution in [0.5, 0.6) is 0 Å². The molecule has 0 saturated heterocycles. The van der Waals surface area contributed by atoms with E-state index < -0.39 is 0 Å². The molecular weight excluding hydrogens is 248 g/mol. The number of hydrogen-bond donors (Lipinski definition) is 1. The highest BCUT2D eigenvalue weighted by molar-refractivity contribution is 5.73. The standard InChI is InChI=1S/C16H24N4/c1-12(2)10-16(7-3-4-8-16)11-20-14-13(19-15(20)17)6-5-9-18-14/h5-6,9,12H,3-4,7-8,10-11H2,1-2H3,(H2,17,19). The van der Waals surface area contributed by atoms with Gasteiger partial charge < -0.3 is 5.73 Å². The van der Waals surface area contributed by atoms with E-state index in [0.717, 1.165) is 23.6 Å². The average Bonchev–Trinajstić information content (AvgIpc) is 2.96. The summed E-state index contributed by atoms with van der Waals surface area (Å²) >= 11 is 0. The topological polar surface area (TPSA) is 56.7 Å². The lowest BCUT2D eigenvalue weighted by Gasteiger charge is -2.31. The van der Waals surface area contributed by atoms with Crippen molar-refractivity contribution in [2.24, 2.45) is 11.3 Å². The number of pyridine rings is 1. The Hall–Kier alpha value is -1.58. The maximum atomic E-state index is 6.13. The van der Waals surface area contributed by atoms with Crippen LogP contribution < -0.4 is 5.73 Å². The molecule has 0 unspecified atom stereocenters. The van der Waals surface area contributed by atoms with Crippen LogP contribution in [0.1, 0.15) is 46.0 Å². The maximum Gasteiger partial charge on any atom is 0.202 e. The van der Waals surface area contributed by atoms with Gasteiger partial charge in [0, 0.05) is 12.7 Å². The Balaban J connectivity index is 1.96. The van der Waals surface area contributed by atoms with Gasteiger partial charge in [-0.05, 0) is 42.7 Å². The fourth-order valence-electron chi connectivity index (χ4n) is 3.89. The first-order valence-corrected chi connectivity index (χ1v) is 7.66. The van der Waals surface area contributed by atoms with E-state index in [1.807, 2.05) is 18.3 Å². The highest BCUT2D eigenvalue weighted by atomic mass is 15.2. The van der Waals surface area contributed by atoms with Crippen LogP contribution in [0.2, 0.25) is 0 Å². The number of nitrogens with zero attached hydrogens (tertiary/aromatic N) is 3. The second kappa shape index (κ2) is 5.08. The van der Waals surface area contributed by atoms with Gasteiger partial charge in [-0.2, -0.15) is 0 Å². The van der Waals surface area contributed by atoms with E-state index in [2.05, 4.69) is 28.4 Å². The Morgan fingerprint density at radius 2 is 2.10 bits per heavy atom. The number of imidazole rings is 1. The summed E-state index contributed by atoms with van der Waals surface area (Å²) in [5.74, 6) is 1.32. The van der Waals surface area contributed by atoms with Crippen LogP contribution >= 0.6 is 0 Å². The van der Waals surface area contributed by atoms with Crippen LogP contribution in [0.4, 0.5) is 5.95 Å². The molecule has 0 radical (unpaired) electrons. The lowest BCUT2D eigenvalue weighted by Crippen LogP contribution is -2.26. The number of aromatic nitrogens is 3. The van der Waals surface area contributed by atoms with E-state index in [1.54, 1.807) is 0 Å². The van der Waals surface area contributed by atoms with Crippen molar-refractivity contribution in [2.75, 3.05) is 5.73 Å². The number of nitrogens with two attached hydrogens (primary N) is 1. The fraction of sp³-hybridized carbons (Fsp3) is 0.625. The van der Waals surface area contributed by atoms with E-state index in [9.17, 15) is 0 Å². The zero-order chi connectivity index (χ0) is 14.2. The third-order valence-electron chi connectivity index (χ3n) is 4.53. The van der Waals surface area contributed by atoms with Crippen molar-refractivity contribution >= 4 is 17.1 Å². The molecule has 2 heterocycles. The third kappa shape index (κ3) is 2.39. The lowest BCUT2D eigenvalue weighted by atomic mass is 9.78. The molecular formula is C16H24N4. The summed E-state index contributed by atoms with van der Waals surface area (Å²) in [4.78, 5) is 8.92. The van der Waals surface area contributed by atoms with Crippen molar-refractivity contribution < 1.29 is 0 Å². The molecule has 0 aliphatic heterocycles. The average molecular weight is 272 g/mol. The maximum absolute atomic E-state index is 6.13. The zero-order valence-corrected chi connectivity index (χ0v) is 12.5. The Bertz CT molecular complexity index is 594. The van der Waals surface area contributed by atoms with Gasteiger partial charge in [0.1, 0.15) is 5.52 Å². The molecule has 3 rings (SSSR count). The van der Waals surface area contributed by atoms with Gasteiger partial charge in [0.15, 0.2) is 5.65 Å². The van der Waals surface area contributed by atoms with Gasteiger partial charge in [0.2, 0.25) is 5.95 Å². The zero-order valence-electron chi connectivity index (χ0n) is 12.5. The Morgan fingerprint density at radius 1 is 1.35 bits per heavy atom. The molecule has 1 saturated carbocycles. The predicted octanol–water partition coefficient (Wildman–Crippen LogP) is 3.62. The van der Waals surface area contributed by atoms with Gasteiger partial charge in [-0.1, -0.05) is 26.7 Å². The minimum absolute atomic E-state index is 0.382. The van der Waals surface area contributed by atoms with E-state index in [1.165, 1.54) is 32.1 Å². The number of anilines is 1. The molecule has 0 amide bonds. The molecule has 20 heavy (non-hydrogen) atoms. The molecule has 0 aromatic carbocycles. The smallest absolute Gasteiger partial charge is 0.202 e. The molecule has 1 fully saturated rings. The second-order valence-electron chi connectivity index (χ2n) is 6.71. The van der Waals surface area contributed by atoms with Crippen molar-refractivity contribution in [3.63, 3.8) is 0 Å². The van der Waals surface area contributed by atoms with E-state index in [0.29, 0.717) is 11.4 Å². The summed E-state index contributed by atoms with van der Waals surface area (Å²) in [6.07, 6.45) is 8.37. The summed E-state index contributed by atoms with van der Waals surface area (Å²) in [5.41, 5.74) is 8.35. The van der Waals surface area contributed by atoms with Crippen LogP contribution in [0.25, 0.3) is 11.2 Å². The number of rotatable bonds is 4.